The second-order valence-corrected chi connectivity index (χ2v) is 8.23. The Kier molecular flexibility index (Phi) is 6.74. The number of amides is 1. The van der Waals surface area contributed by atoms with Gasteiger partial charge in [-0.15, -0.1) is 0 Å². The van der Waals surface area contributed by atoms with E-state index in [1.807, 2.05) is 41.3 Å². The van der Waals surface area contributed by atoms with Gasteiger partial charge in [-0.2, -0.15) is 5.26 Å². The van der Waals surface area contributed by atoms with Gasteiger partial charge in [-0.05, 0) is 41.8 Å². The maximum atomic E-state index is 12.7. The van der Waals surface area contributed by atoms with Gasteiger partial charge in [-0.3, -0.25) is 4.79 Å². The molecule has 1 saturated heterocycles. The lowest BCUT2D eigenvalue weighted by Crippen LogP contribution is -2.37. The quantitative estimate of drug-likeness (QED) is 0.549. The zero-order valence-corrected chi connectivity index (χ0v) is 18.5. The van der Waals surface area contributed by atoms with E-state index in [1.165, 1.54) is 0 Å². The minimum atomic E-state index is -0.205. The normalized spacial score (nSPS) is 15.7. The summed E-state index contributed by atoms with van der Waals surface area (Å²) in [5.74, 6) is 1.48. The summed E-state index contributed by atoms with van der Waals surface area (Å²) in [6.45, 7) is 1.82. The molecule has 1 atom stereocenters. The van der Waals surface area contributed by atoms with E-state index in [9.17, 15) is 4.79 Å². The standard InChI is InChI=1S/C24H24ClN5O2/c1-32-22-10-16(5-6-18(22)12-26)11-23-28-14-20(29-23)13-27-21-7-8-30(24(21)31)15-17-3-2-4-19(25)9-17/h2-6,9-10,14,21,27H,7-8,11,13,15H2,1H3,(H,28,29). The molecule has 1 unspecified atom stereocenters. The molecule has 1 aliphatic rings. The number of likely N-dealkylation sites (tertiary alicyclic amines) is 1. The average molecular weight is 450 g/mol. The summed E-state index contributed by atoms with van der Waals surface area (Å²) in [5, 5.41) is 13.1. The molecule has 0 bridgehead atoms. The molecule has 2 aromatic carbocycles. The van der Waals surface area contributed by atoms with Crippen LogP contribution in [0.2, 0.25) is 5.02 Å². The first kappa shape index (κ1) is 21.9. The molecule has 2 heterocycles. The third kappa shape index (κ3) is 5.10. The van der Waals surface area contributed by atoms with Crippen LogP contribution in [0.25, 0.3) is 0 Å². The Balaban J connectivity index is 1.31. The summed E-state index contributed by atoms with van der Waals surface area (Å²) in [5.41, 5.74) is 3.45. The number of nitrogens with zero attached hydrogens (tertiary/aromatic N) is 3. The summed E-state index contributed by atoms with van der Waals surface area (Å²) in [7, 11) is 1.55. The number of imidazole rings is 1. The first-order valence-corrected chi connectivity index (χ1v) is 10.8. The smallest absolute Gasteiger partial charge is 0.240 e. The first-order valence-electron chi connectivity index (χ1n) is 10.4. The van der Waals surface area contributed by atoms with E-state index < -0.39 is 0 Å². The van der Waals surface area contributed by atoms with Crippen LogP contribution in [0.4, 0.5) is 0 Å². The molecule has 32 heavy (non-hydrogen) atoms. The van der Waals surface area contributed by atoms with E-state index in [1.54, 1.807) is 19.4 Å². The molecule has 1 amide bonds. The van der Waals surface area contributed by atoms with Crippen LogP contribution in [0.15, 0.2) is 48.7 Å². The number of carbonyl (C=O) groups excluding carboxylic acids is 1. The molecule has 8 heteroatoms. The zero-order valence-electron chi connectivity index (χ0n) is 17.8. The highest BCUT2D eigenvalue weighted by Gasteiger charge is 2.31. The molecule has 1 aromatic heterocycles. The lowest BCUT2D eigenvalue weighted by atomic mass is 10.1. The van der Waals surface area contributed by atoms with Crippen molar-refractivity contribution in [3.8, 4) is 11.8 Å². The molecule has 0 radical (unpaired) electrons. The fourth-order valence-corrected chi connectivity index (χ4v) is 4.10. The van der Waals surface area contributed by atoms with Crippen LogP contribution in [0.5, 0.6) is 5.75 Å². The topological polar surface area (TPSA) is 94.0 Å². The summed E-state index contributed by atoms with van der Waals surface area (Å²) in [6, 6.07) is 15.0. The van der Waals surface area contributed by atoms with Crippen molar-refractivity contribution < 1.29 is 9.53 Å². The van der Waals surface area contributed by atoms with Gasteiger partial charge in [0.25, 0.3) is 0 Å². The molecule has 0 aliphatic carbocycles. The van der Waals surface area contributed by atoms with Crippen molar-refractivity contribution in [2.75, 3.05) is 13.7 Å². The van der Waals surface area contributed by atoms with Crippen molar-refractivity contribution in [2.24, 2.45) is 0 Å². The highest BCUT2D eigenvalue weighted by molar-refractivity contribution is 6.30. The molecule has 164 valence electrons. The number of benzene rings is 2. The molecule has 2 N–H and O–H groups in total. The van der Waals surface area contributed by atoms with E-state index in [-0.39, 0.29) is 11.9 Å². The van der Waals surface area contributed by atoms with Crippen LogP contribution in [0, 0.1) is 11.3 Å². The third-order valence-corrected chi connectivity index (χ3v) is 5.77. The van der Waals surface area contributed by atoms with Crippen LogP contribution in [0.3, 0.4) is 0 Å². The van der Waals surface area contributed by atoms with Gasteiger partial charge in [0.15, 0.2) is 0 Å². The van der Waals surface area contributed by atoms with Gasteiger partial charge < -0.3 is 19.9 Å². The van der Waals surface area contributed by atoms with Gasteiger partial charge in [0, 0.05) is 43.0 Å². The number of carbonyl (C=O) groups is 1. The second kappa shape index (κ2) is 9.86. The highest BCUT2D eigenvalue weighted by atomic mass is 35.5. The summed E-state index contributed by atoms with van der Waals surface area (Å²) < 4.78 is 5.27. The minimum Gasteiger partial charge on any atom is -0.495 e. The Morgan fingerprint density at radius 2 is 2.19 bits per heavy atom. The predicted octanol–water partition coefficient (Wildman–Crippen LogP) is 3.42. The molecule has 7 nitrogen and oxygen atoms in total. The number of halogens is 1. The van der Waals surface area contributed by atoms with Crippen LogP contribution in [-0.4, -0.2) is 40.5 Å². The van der Waals surface area contributed by atoms with E-state index in [0.717, 1.165) is 35.6 Å². The number of aromatic nitrogens is 2. The molecule has 1 fully saturated rings. The summed E-state index contributed by atoms with van der Waals surface area (Å²) in [6.07, 6.45) is 3.15. The molecule has 0 saturated carbocycles. The van der Waals surface area contributed by atoms with Gasteiger partial charge in [0.05, 0.1) is 18.7 Å². The molecule has 0 spiro atoms. The number of H-pyrrole nitrogens is 1. The van der Waals surface area contributed by atoms with Gasteiger partial charge >= 0.3 is 0 Å². The van der Waals surface area contributed by atoms with Gasteiger partial charge in [0.2, 0.25) is 5.91 Å². The molecule has 1 aliphatic heterocycles. The Labute approximate surface area is 192 Å². The fraction of sp³-hybridized carbons (Fsp3) is 0.292. The van der Waals surface area contributed by atoms with Crippen molar-refractivity contribution in [3.63, 3.8) is 0 Å². The monoisotopic (exact) mass is 449 g/mol. The maximum absolute atomic E-state index is 12.7. The minimum absolute atomic E-state index is 0.106. The van der Waals surface area contributed by atoms with Crippen LogP contribution in [0.1, 0.15) is 34.6 Å². The van der Waals surface area contributed by atoms with E-state index >= 15 is 0 Å². The van der Waals surface area contributed by atoms with Gasteiger partial charge in [-0.25, -0.2) is 4.98 Å². The Hall–Kier alpha value is -3.34. The number of rotatable bonds is 8. The number of nitriles is 1. The average Bonchev–Trinajstić information content (AvgIpc) is 3.38. The Morgan fingerprint density at radius 3 is 2.97 bits per heavy atom. The number of hydrogen-bond acceptors (Lipinski definition) is 5. The predicted molar refractivity (Wildman–Crippen MR) is 121 cm³/mol. The first-order chi connectivity index (χ1) is 15.6. The zero-order chi connectivity index (χ0) is 22.5. The number of methoxy groups -OCH3 is 1. The second-order valence-electron chi connectivity index (χ2n) is 7.79. The Morgan fingerprint density at radius 1 is 1.31 bits per heavy atom. The van der Waals surface area contributed by atoms with Crippen molar-refractivity contribution in [2.45, 2.75) is 32.0 Å². The van der Waals surface area contributed by atoms with Gasteiger partial charge in [-0.1, -0.05) is 29.8 Å². The van der Waals surface area contributed by atoms with E-state index in [0.29, 0.717) is 35.8 Å². The third-order valence-electron chi connectivity index (χ3n) is 5.54. The van der Waals surface area contributed by atoms with Crippen LogP contribution in [-0.2, 0) is 24.3 Å². The van der Waals surface area contributed by atoms with Crippen molar-refractivity contribution in [1.29, 1.82) is 5.26 Å². The number of hydrogen-bond donors (Lipinski definition) is 2. The van der Waals surface area contributed by atoms with Crippen molar-refractivity contribution in [3.05, 3.63) is 81.9 Å². The van der Waals surface area contributed by atoms with Crippen molar-refractivity contribution >= 4 is 17.5 Å². The molecule has 3 aromatic rings. The fourth-order valence-electron chi connectivity index (χ4n) is 3.89. The van der Waals surface area contributed by atoms with Gasteiger partial charge in [0.1, 0.15) is 17.6 Å². The SMILES string of the molecule is COc1cc(Cc2ncc(CNC3CCN(Cc4cccc(Cl)c4)C3=O)[nH]2)ccc1C#N. The van der Waals surface area contributed by atoms with E-state index in [2.05, 4.69) is 21.4 Å². The van der Waals surface area contributed by atoms with E-state index in [4.69, 9.17) is 21.6 Å². The highest BCUT2D eigenvalue weighted by Crippen LogP contribution is 2.21. The lowest BCUT2D eigenvalue weighted by Gasteiger charge is -2.17. The number of ether oxygens (including phenoxy) is 1. The Bertz CT molecular complexity index is 1150. The molecular weight excluding hydrogens is 426 g/mol. The summed E-state index contributed by atoms with van der Waals surface area (Å²) >= 11 is 6.05. The molecular formula is C24H24ClN5O2. The maximum Gasteiger partial charge on any atom is 0.240 e. The largest absolute Gasteiger partial charge is 0.495 e. The lowest BCUT2D eigenvalue weighted by molar-refractivity contribution is -0.129. The number of aromatic amines is 1. The van der Waals surface area contributed by atoms with Crippen LogP contribution >= 0.6 is 11.6 Å². The van der Waals surface area contributed by atoms with Crippen LogP contribution < -0.4 is 10.1 Å². The summed E-state index contributed by atoms with van der Waals surface area (Å²) in [4.78, 5) is 22.4. The van der Waals surface area contributed by atoms with Crippen molar-refractivity contribution in [1.82, 2.24) is 20.2 Å². The molecule has 4 rings (SSSR count). The number of nitrogens with one attached hydrogen (secondary N) is 2.